The summed E-state index contributed by atoms with van der Waals surface area (Å²) < 4.78 is 82.4. The van der Waals surface area contributed by atoms with Crippen molar-refractivity contribution in [3.05, 3.63) is 83.2 Å². The maximum absolute atomic E-state index is 13.8. The first-order valence-electron chi connectivity index (χ1n) is 12.9. The van der Waals surface area contributed by atoms with Crippen LogP contribution in [-0.4, -0.2) is 34.1 Å². The summed E-state index contributed by atoms with van der Waals surface area (Å²) in [6, 6.07) is 12.8. The maximum Gasteiger partial charge on any atom is 0.416 e. The molecule has 0 saturated carbocycles. The quantitative estimate of drug-likeness (QED) is 0.219. The molecular weight excluding hydrogens is 562 g/mol. The van der Waals surface area contributed by atoms with Crippen molar-refractivity contribution in [2.75, 3.05) is 11.9 Å². The molecule has 0 spiro atoms. The zero-order valence-electron chi connectivity index (χ0n) is 23.2. The molecule has 222 valence electrons. The monoisotopic (exact) mass is 590 g/mol. The van der Waals surface area contributed by atoms with Crippen molar-refractivity contribution in [1.82, 2.24) is 14.9 Å². The number of nitrogens with one attached hydrogen (secondary N) is 1. The summed E-state index contributed by atoms with van der Waals surface area (Å²) >= 11 is 0. The lowest BCUT2D eigenvalue weighted by Crippen LogP contribution is -2.38. The van der Waals surface area contributed by atoms with Gasteiger partial charge in [-0.25, -0.2) is 13.2 Å². The van der Waals surface area contributed by atoms with E-state index in [1.165, 1.54) is 30.1 Å². The molecule has 12 heteroatoms. The minimum atomic E-state index is -4.46. The van der Waals surface area contributed by atoms with Gasteiger partial charge in [0.05, 0.1) is 11.1 Å². The Labute approximate surface area is 238 Å². The van der Waals surface area contributed by atoms with Gasteiger partial charge in [0.2, 0.25) is 0 Å². The largest absolute Gasteiger partial charge is 0.416 e. The minimum Gasteiger partial charge on any atom is -0.349 e. The van der Waals surface area contributed by atoms with E-state index in [9.17, 15) is 35.9 Å². The van der Waals surface area contributed by atoms with Crippen molar-refractivity contribution < 1.29 is 35.9 Å². The second kappa shape index (κ2) is 11.5. The first kappa shape index (κ1) is 30.6. The van der Waals surface area contributed by atoms with Crippen LogP contribution in [0.25, 0.3) is 22.2 Å². The fourth-order valence-electron chi connectivity index (χ4n) is 4.53. The van der Waals surface area contributed by atoms with Crippen molar-refractivity contribution >= 4 is 28.4 Å². The topological polar surface area (TPSA) is 67.2 Å². The summed E-state index contributed by atoms with van der Waals surface area (Å²) in [7, 11) is 1.41. The van der Waals surface area contributed by atoms with Crippen molar-refractivity contribution in [2.45, 2.75) is 52.1 Å². The van der Waals surface area contributed by atoms with Crippen LogP contribution in [0.1, 0.15) is 54.4 Å². The standard InChI is InChI=1S/C30H28F6N4O2/c1-5-40-23-11-10-21(13-19(23)14-24(40)18-6-8-20(9-7-18)30(34,35)36)39(4)27(41)22-12-17(15-37-25(22)26(31)32)16-38-28(42)29(2,3)33/h6-15,26H,5,16H2,1-4H3,(H,38,42). The molecular formula is C30H28F6N4O2. The maximum atomic E-state index is 13.8. The molecule has 2 amide bonds. The van der Waals surface area contributed by atoms with Crippen LogP contribution in [0.2, 0.25) is 0 Å². The number of halogens is 6. The molecule has 0 atom stereocenters. The van der Waals surface area contributed by atoms with Gasteiger partial charge in [0.15, 0.2) is 5.67 Å². The first-order chi connectivity index (χ1) is 19.6. The first-order valence-corrected chi connectivity index (χ1v) is 12.9. The number of aryl methyl sites for hydroxylation is 1. The number of hydrogen-bond donors (Lipinski definition) is 1. The van der Waals surface area contributed by atoms with E-state index in [1.807, 2.05) is 11.5 Å². The number of carbonyl (C=O) groups is 2. The number of aromatic nitrogens is 2. The Morgan fingerprint density at radius 3 is 2.24 bits per heavy atom. The molecule has 0 aliphatic heterocycles. The smallest absolute Gasteiger partial charge is 0.349 e. The predicted molar refractivity (Wildman–Crippen MR) is 147 cm³/mol. The second-order valence-electron chi connectivity index (χ2n) is 10.2. The number of rotatable bonds is 8. The van der Waals surface area contributed by atoms with Crippen molar-refractivity contribution in [2.24, 2.45) is 0 Å². The lowest BCUT2D eigenvalue weighted by atomic mass is 10.1. The zero-order chi connectivity index (χ0) is 31.0. The highest BCUT2D eigenvalue weighted by atomic mass is 19.4. The third kappa shape index (κ3) is 6.27. The normalized spacial score (nSPS) is 12.2. The minimum absolute atomic E-state index is 0.226. The molecule has 1 N–H and O–H groups in total. The lowest BCUT2D eigenvalue weighted by Gasteiger charge is -2.20. The van der Waals surface area contributed by atoms with E-state index in [4.69, 9.17) is 0 Å². The van der Waals surface area contributed by atoms with E-state index in [0.29, 0.717) is 28.9 Å². The van der Waals surface area contributed by atoms with E-state index in [-0.39, 0.29) is 17.7 Å². The highest BCUT2D eigenvalue weighted by Gasteiger charge is 2.30. The van der Waals surface area contributed by atoms with E-state index < -0.39 is 41.3 Å². The lowest BCUT2D eigenvalue weighted by molar-refractivity contribution is -0.137. The summed E-state index contributed by atoms with van der Waals surface area (Å²) in [5.74, 6) is -1.69. The highest BCUT2D eigenvalue weighted by molar-refractivity contribution is 6.07. The highest BCUT2D eigenvalue weighted by Crippen LogP contribution is 2.34. The number of pyridine rings is 1. The molecule has 2 heterocycles. The van der Waals surface area contributed by atoms with Gasteiger partial charge < -0.3 is 14.8 Å². The van der Waals surface area contributed by atoms with Gasteiger partial charge in [0, 0.05) is 48.6 Å². The molecule has 2 aromatic carbocycles. The number of benzene rings is 2. The number of alkyl halides is 6. The molecule has 4 aromatic rings. The Balaban J connectivity index is 1.66. The molecule has 0 bridgehead atoms. The summed E-state index contributed by atoms with van der Waals surface area (Å²) in [6.07, 6.45) is -6.43. The number of nitrogens with zero attached hydrogens (tertiary/aromatic N) is 3. The molecule has 0 aliphatic carbocycles. The van der Waals surface area contributed by atoms with E-state index in [1.54, 1.807) is 24.3 Å². The fourth-order valence-corrected chi connectivity index (χ4v) is 4.53. The van der Waals surface area contributed by atoms with Crippen LogP contribution in [0, 0.1) is 0 Å². The Kier molecular flexibility index (Phi) is 8.38. The number of carbonyl (C=O) groups excluding carboxylic acids is 2. The summed E-state index contributed by atoms with van der Waals surface area (Å²) in [5, 5.41) is 3.03. The third-order valence-electron chi connectivity index (χ3n) is 6.81. The molecule has 0 aliphatic rings. The molecule has 6 nitrogen and oxygen atoms in total. The fraction of sp³-hybridized carbons (Fsp3) is 0.300. The molecule has 0 fully saturated rings. The van der Waals surface area contributed by atoms with Gasteiger partial charge in [-0.05, 0) is 74.4 Å². The van der Waals surface area contributed by atoms with Gasteiger partial charge in [-0.15, -0.1) is 0 Å². The van der Waals surface area contributed by atoms with Crippen LogP contribution >= 0.6 is 0 Å². The van der Waals surface area contributed by atoms with Gasteiger partial charge in [-0.2, -0.15) is 13.2 Å². The van der Waals surface area contributed by atoms with Gasteiger partial charge in [-0.1, -0.05) is 12.1 Å². The van der Waals surface area contributed by atoms with Gasteiger partial charge in [-0.3, -0.25) is 14.6 Å². The SMILES string of the molecule is CCn1c(-c2ccc(C(F)(F)F)cc2)cc2cc(N(C)C(=O)c3cc(CNC(=O)C(C)(C)F)cnc3C(F)F)ccc21. The van der Waals surface area contributed by atoms with Crippen molar-refractivity contribution in [3.8, 4) is 11.3 Å². The third-order valence-corrected chi connectivity index (χ3v) is 6.81. The number of fused-ring (bicyclic) bond motifs is 1. The van der Waals surface area contributed by atoms with Gasteiger partial charge in [0.1, 0.15) is 5.69 Å². The Morgan fingerprint density at radius 2 is 1.67 bits per heavy atom. The van der Waals surface area contributed by atoms with Gasteiger partial charge >= 0.3 is 6.18 Å². The van der Waals surface area contributed by atoms with Gasteiger partial charge in [0.25, 0.3) is 18.2 Å². The van der Waals surface area contributed by atoms with Crippen molar-refractivity contribution in [3.63, 3.8) is 0 Å². The van der Waals surface area contributed by atoms with Crippen molar-refractivity contribution in [1.29, 1.82) is 0 Å². The Bertz CT molecular complexity index is 1620. The molecule has 0 radical (unpaired) electrons. The number of anilines is 1. The van der Waals surface area contributed by atoms with E-state index in [0.717, 1.165) is 37.7 Å². The molecule has 0 saturated heterocycles. The summed E-state index contributed by atoms with van der Waals surface area (Å²) in [6.45, 7) is 4.32. The van der Waals surface area contributed by atoms with Crippen LogP contribution < -0.4 is 10.2 Å². The number of amides is 2. The Hall–Kier alpha value is -4.35. The molecule has 42 heavy (non-hydrogen) atoms. The van der Waals surface area contributed by atoms with Crippen LogP contribution in [0.15, 0.2) is 60.8 Å². The van der Waals surface area contributed by atoms with Crippen LogP contribution in [0.4, 0.5) is 32.0 Å². The number of hydrogen-bond acceptors (Lipinski definition) is 3. The average Bonchev–Trinajstić information content (AvgIpc) is 3.31. The van der Waals surface area contributed by atoms with E-state index >= 15 is 0 Å². The predicted octanol–water partition coefficient (Wildman–Crippen LogP) is 7.32. The second-order valence-corrected chi connectivity index (χ2v) is 10.2. The Morgan fingerprint density at radius 1 is 1.00 bits per heavy atom. The summed E-state index contributed by atoms with van der Waals surface area (Å²) in [4.78, 5) is 30.2. The average molecular weight is 591 g/mol. The molecule has 2 aromatic heterocycles. The zero-order valence-corrected chi connectivity index (χ0v) is 23.2. The van der Waals surface area contributed by atoms with Crippen LogP contribution in [0.5, 0.6) is 0 Å². The van der Waals surface area contributed by atoms with E-state index in [2.05, 4.69) is 10.3 Å². The molecule has 0 unspecified atom stereocenters. The van der Waals surface area contributed by atoms with Crippen LogP contribution in [0.3, 0.4) is 0 Å². The van der Waals surface area contributed by atoms with Crippen LogP contribution in [-0.2, 0) is 24.1 Å². The molecule has 4 rings (SSSR count). The summed E-state index contributed by atoms with van der Waals surface area (Å²) in [5.41, 5.74) is -1.43.